The zero-order valence-corrected chi connectivity index (χ0v) is 9.40. The molecule has 0 N–H and O–H groups in total. The topological polar surface area (TPSA) is 0 Å². The fourth-order valence-corrected chi connectivity index (χ4v) is 3.54. The summed E-state index contributed by atoms with van der Waals surface area (Å²) in [5.74, 6) is 3.83. The van der Waals surface area contributed by atoms with Gasteiger partial charge in [-0.25, -0.2) is 0 Å². The van der Waals surface area contributed by atoms with E-state index < -0.39 is 0 Å². The summed E-state index contributed by atoms with van der Waals surface area (Å²) in [6.07, 6.45) is 8.87. The molecule has 0 aromatic heterocycles. The van der Waals surface area contributed by atoms with Crippen LogP contribution in [-0.4, -0.2) is 0 Å². The largest absolute Gasteiger partial charge is 0.0591 e. The van der Waals surface area contributed by atoms with E-state index in [1.807, 2.05) is 0 Å². The van der Waals surface area contributed by atoms with Crippen molar-refractivity contribution in [3.63, 3.8) is 0 Å². The molecule has 0 spiro atoms. The molecule has 1 radical (unpaired) electrons. The Kier molecular flexibility index (Phi) is 2.42. The summed E-state index contributed by atoms with van der Waals surface area (Å²) in [7, 11) is 0. The second kappa shape index (κ2) is 3.29. The van der Waals surface area contributed by atoms with Crippen LogP contribution in [-0.2, 0) is 0 Å². The molecule has 0 heterocycles. The lowest BCUT2D eigenvalue weighted by atomic mass is 9.55. The van der Waals surface area contributed by atoms with E-state index in [9.17, 15) is 0 Å². The first-order valence-electron chi connectivity index (χ1n) is 5.95. The Morgan fingerprint density at radius 2 is 1.77 bits per heavy atom. The van der Waals surface area contributed by atoms with Crippen LogP contribution in [0.2, 0.25) is 0 Å². The van der Waals surface area contributed by atoms with Gasteiger partial charge in [-0.05, 0) is 42.4 Å². The van der Waals surface area contributed by atoms with Crippen LogP contribution < -0.4 is 0 Å². The van der Waals surface area contributed by atoms with Crippen molar-refractivity contribution < 1.29 is 0 Å². The third kappa shape index (κ3) is 1.53. The second-order valence-electron chi connectivity index (χ2n) is 5.69. The van der Waals surface area contributed by atoms with Gasteiger partial charge in [0, 0.05) is 0 Å². The van der Waals surface area contributed by atoms with Gasteiger partial charge in [0.15, 0.2) is 0 Å². The molecule has 2 fully saturated rings. The van der Waals surface area contributed by atoms with Crippen LogP contribution in [0.4, 0.5) is 0 Å². The van der Waals surface area contributed by atoms with Gasteiger partial charge >= 0.3 is 0 Å². The summed E-state index contributed by atoms with van der Waals surface area (Å²) < 4.78 is 0. The molecule has 13 heavy (non-hydrogen) atoms. The molecule has 75 valence electrons. The van der Waals surface area contributed by atoms with Gasteiger partial charge in [-0.2, -0.15) is 0 Å². The Labute approximate surface area is 83.1 Å². The number of hydrogen-bond donors (Lipinski definition) is 0. The molecule has 2 aliphatic carbocycles. The van der Waals surface area contributed by atoms with Crippen LogP contribution in [0, 0.1) is 23.2 Å². The van der Waals surface area contributed by atoms with Crippen molar-refractivity contribution in [3.05, 3.63) is 5.92 Å². The summed E-state index contributed by atoms with van der Waals surface area (Å²) in [4.78, 5) is 0. The molecule has 0 amide bonds. The summed E-state index contributed by atoms with van der Waals surface area (Å²) in [5, 5.41) is 0. The Hall–Kier alpha value is 0. The average molecular weight is 179 g/mol. The molecule has 0 aromatic carbocycles. The highest BCUT2D eigenvalue weighted by atomic mass is 14.5. The van der Waals surface area contributed by atoms with Gasteiger partial charge in [-0.1, -0.05) is 40.0 Å². The quantitative estimate of drug-likeness (QED) is 0.522. The van der Waals surface area contributed by atoms with Gasteiger partial charge in [0.25, 0.3) is 0 Å². The lowest BCUT2D eigenvalue weighted by Crippen LogP contribution is -2.40. The minimum Gasteiger partial charge on any atom is -0.0591 e. The summed E-state index contributed by atoms with van der Waals surface area (Å²) in [6.45, 7) is 7.33. The Balaban J connectivity index is 2.14. The smallest absolute Gasteiger partial charge is 0.0213 e. The predicted molar refractivity (Wildman–Crippen MR) is 57.4 cm³/mol. The maximum absolute atomic E-state index is 2.48. The van der Waals surface area contributed by atoms with Crippen molar-refractivity contribution >= 4 is 0 Å². The zero-order chi connectivity index (χ0) is 9.47. The van der Waals surface area contributed by atoms with E-state index in [-0.39, 0.29) is 0 Å². The molecule has 2 unspecified atom stereocenters. The van der Waals surface area contributed by atoms with Crippen molar-refractivity contribution in [2.24, 2.45) is 17.3 Å². The molecule has 0 aliphatic heterocycles. The van der Waals surface area contributed by atoms with Gasteiger partial charge in [0.05, 0.1) is 0 Å². The number of fused-ring (bicyclic) bond motifs is 1. The van der Waals surface area contributed by atoms with Crippen molar-refractivity contribution in [2.75, 3.05) is 0 Å². The number of hydrogen-bond acceptors (Lipinski definition) is 0. The monoisotopic (exact) mass is 179 g/mol. The zero-order valence-electron chi connectivity index (χ0n) is 9.40. The van der Waals surface area contributed by atoms with E-state index in [4.69, 9.17) is 0 Å². The van der Waals surface area contributed by atoms with Crippen LogP contribution in [0.15, 0.2) is 0 Å². The molecule has 2 atom stereocenters. The van der Waals surface area contributed by atoms with Crippen LogP contribution in [0.25, 0.3) is 0 Å². The van der Waals surface area contributed by atoms with Crippen molar-refractivity contribution in [1.82, 2.24) is 0 Å². The first-order valence-corrected chi connectivity index (χ1v) is 5.95. The number of rotatable bonds is 0. The molecule has 2 saturated carbocycles. The highest BCUT2D eigenvalue weighted by Crippen LogP contribution is 2.53. The van der Waals surface area contributed by atoms with Gasteiger partial charge in [-0.3, -0.25) is 0 Å². The first-order chi connectivity index (χ1) is 6.12. The van der Waals surface area contributed by atoms with E-state index in [0.29, 0.717) is 5.41 Å². The molecule has 0 heteroatoms. The van der Waals surface area contributed by atoms with Crippen molar-refractivity contribution in [1.29, 1.82) is 0 Å². The third-order valence-electron chi connectivity index (χ3n) is 4.83. The van der Waals surface area contributed by atoms with Crippen LogP contribution in [0.3, 0.4) is 0 Å². The molecule has 0 saturated heterocycles. The fourth-order valence-electron chi connectivity index (χ4n) is 3.54. The molecule has 0 bridgehead atoms. The van der Waals surface area contributed by atoms with E-state index in [0.717, 1.165) is 11.8 Å². The maximum atomic E-state index is 2.48. The van der Waals surface area contributed by atoms with E-state index in [1.165, 1.54) is 38.5 Å². The SMILES string of the molecule is C[C]1CCC2CCCCC2C1(C)C. The second-order valence-corrected chi connectivity index (χ2v) is 5.69. The molecule has 2 aliphatic rings. The molecular weight excluding hydrogens is 156 g/mol. The van der Waals surface area contributed by atoms with Gasteiger partial charge in [-0.15, -0.1) is 0 Å². The Morgan fingerprint density at radius 3 is 2.54 bits per heavy atom. The van der Waals surface area contributed by atoms with E-state index in [1.54, 1.807) is 5.92 Å². The predicted octanol–water partition coefficient (Wildman–Crippen LogP) is 4.21. The molecular formula is C13H23. The van der Waals surface area contributed by atoms with Gasteiger partial charge < -0.3 is 0 Å². The Bertz CT molecular complexity index is 180. The van der Waals surface area contributed by atoms with Crippen molar-refractivity contribution in [2.45, 2.75) is 59.3 Å². The van der Waals surface area contributed by atoms with E-state index >= 15 is 0 Å². The summed E-state index contributed by atoms with van der Waals surface area (Å²) in [5.41, 5.74) is 0.545. The minimum atomic E-state index is 0.545. The lowest BCUT2D eigenvalue weighted by molar-refractivity contribution is 0.0617. The maximum Gasteiger partial charge on any atom is -0.0213 e. The minimum absolute atomic E-state index is 0.545. The van der Waals surface area contributed by atoms with Gasteiger partial charge in [0.2, 0.25) is 0 Å². The Morgan fingerprint density at radius 1 is 1.08 bits per heavy atom. The molecule has 0 aromatic rings. The van der Waals surface area contributed by atoms with Crippen molar-refractivity contribution in [3.8, 4) is 0 Å². The lowest BCUT2D eigenvalue weighted by Gasteiger charge is -2.50. The highest BCUT2D eigenvalue weighted by Gasteiger charge is 2.43. The van der Waals surface area contributed by atoms with Crippen LogP contribution >= 0.6 is 0 Å². The first kappa shape index (κ1) is 9.55. The third-order valence-corrected chi connectivity index (χ3v) is 4.83. The standard InChI is InChI=1S/C13H23/c1-10-8-9-11-6-4-5-7-12(11)13(10,2)3/h11-12H,4-9H2,1-3H3. The van der Waals surface area contributed by atoms with Crippen LogP contribution in [0.5, 0.6) is 0 Å². The average Bonchev–Trinajstić information content (AvgIpc) is 2.13. The normalized spacial score (nSPS) is 39.9. The summed E-state index contributed by atoms with van der Waals surface area (Å²) >= 11 is 0. The fraction of sp³-hybridized carbons (Fsp3) is 0.923. The van der Waals surface area contributed by atoms with E-state index in [2.05, 4.69) is 20.8 Å². The highest BCUT2D eigenvalue weighted by molar-refractivity contribution is 5.08. The summed E-state index contributed by atoms with van der Waals surface area (Å²) in [6, 6.07) is 0. The molecule has 0 nitrogen and oxygen atoms in total. The van der Waals surface area contributed by atoms with Crippen LogP contribution in [0.1, 0.15) is 59.3 Å². The van der Waals surface area contributed by atoms with Gasteiger partial charge in [0.1, 0.15) is 0 Å². The molecule has 2 rings (SSSR count).